The zero-order chi connectivity index (χ0) is 26.6. The molecule has 3 aromatic carbocycles. The molecule has 1 unspecified atom stereocenters. The Morgan fingerprint density at radius 3 is 2.27 bits per heavy atom. The zero-order valence-corrected chi connectivity index (χ0v) is 20.7. The van der Waals surface area contributed by atoms with Crippen molar-refractivity contribution in [3.05, 3.63) is 71.8 Å². The molecule has 3 rings (SSSR count). The first kappa shape index (κ1) is 27.5. The Kier molecular flexibility index (Phi) is 10.3. The molecule has 1 atom stereocenters. The van der Waals surface area contributed by atoms with Crippen LogP contribution in [0, 0.1) is 0 Å². The lowest BCUT2D eigenvalue weighted by molar-refractivity contribution is -0.122. The lowest BCUT2D eigenvalue weighted by atomic mass is 10.1. The van der Waals surface area contributed by atoms with Gasteiger partial charge in [0.25, 0.3) is 5.91 Å². The number of carbonyl (C=O) groups excluding carboxylic acids is 3. The lowest BCUT2D eigenvalue weighted by Gasteiger charge is -2.13. The second kappa shape index (κ2) is 13.8. The van der Waals surface area contributed by atoms with E-state index in [-0.39, 0.29) is 18.2 Å². The number of primary amides is 1. The lowest BCUT2D eigenvalue weighted by Crippen LogP contribution is -2.42. The second-order valence-corrected chi connectivity index (χ2v) is 8.88. The molecule has 7 N–H and O–H groups in total. The van der Waals surface area contributed by atoms with E-state index < -0.39 is 17.9 Å². The van der Waals surface area contributed by atoms with Crippen molar-refractivity contribution in [3.63, 3.8) is 0 Å². The third kappa shape index (κ3) is 8.80. The van der Waals surface area contributed by atoms with Crippen molar-refractivity contribution >= 4 is 28.5 Å². The largest absolute Gasteiger partial charge is 0.508 e. The second-order valence-electron chi connectivity index (χ2n) is 8.88. The SMILES string of the molecule is NC(=O)CNC(=O)c1cc2ccccc2cc1OCCCCCCNC(=O)C(N)Cc1ccc(O)cc1. The molecule has 0 fully saturated rings. The van der Waals surface area contributed by atoms with Crippen molar-refractivity contribution in [1.82, 2.24) is 10.6 Å². The zero-order valence-electron chi connectivity index (χ0n) is 20.7. The van der Waals surface area contributed by atoms with Crippen LogP contribution in [0.15, 0.2) is 60.7 Å². The summed E-state index contributed by atoms with van der Waals surface area (Å²) in [4.78, 5) is 35.8. The monoisotopic (exact) mass is 506 g/mol. The molecule has 196 valence electrons. The van der Waals surface area contributed by atoms with Crippen LogP contribution in [0.1, 0.15) is 41.6 Å². The molecule has 0 spiro atoms. The average molecular weight is 507 g/mol. The molecule has 3 aromatic rings. The summed E-state index contributed by atoms with van der Waals surface area (Å²) in [5, 5.41) is 16.6. The minimum Gasteiger partial charge on any atom is -0.508 e. The van der Waals surface area contributed by atoms with E-state index in [4.69, 9.17) is 16.2 Å². The molecule has 0 radical (unpaired) electrons. The highest BCUT2D eigenvalue weighted by molar-refractivity contribution is 6.02. The predicted octanol–water partition coefficient (Wildman–Crippen LogP) is 2.39. The van der Waals surface area contributed by atoms with Gasteiger partial charge in [-0.3, -0.25) is 14.4 Å². The Hall–Kier alpha value is -4.11. The molecule has 9 heteroatoms. The maximum Gasteiger partial charge on any atom is 0.255 e. The van der Waals surface area contributed by atoms with Gasteiger partial charge in [0.1, 0.15) is 11.5 Å². The normalized spacial score (nSPS) is 11.6. The molecule has 0 aromatic heterocycles. The number of amides is 3. The van der Waals surface area contributed by atoms with Gasteiger partial charge in [0, 0.05) is 6.54 Å². The Bertz CT molecular complexity index is 1210. The Labute approximate surface area is 216 Å². The van der Waals surface area contributed by atoms with Crippen LogP contribution >= 0.6 is 0 Å². The first-order valence-electron chi connectivity index (χ1n) is 12.4. The summed E-state index contributed by atoms with van der Waals surface area (Å²) < 4.78 is 5.93. The average Bonchev–Trinajstić information content (AvgIpc) is 2.89. The Balaban J connectivity index is 1.39. The molecule has 0 aliphatic rings. The third-order valence-electron chi connectivity index (χ3n) is 5.87. The van der Waals surface area contributed by atoms with Crippen LogP contribution < -0.4 is 26.8 Å². The van der Waals surface area contributed by atoms with Crippen LogP contribution in [-0.4, -0.2) is 48.6 Å². The topological polar surface area (TPSA) is 157 Å². The van der Waals surface area contributed by atoms with Gasteiger partial charge in [0.05, 0.1) is 24.8 Å². The molecule has 9 nitrogen and oxygen atoms in total. The molecule has 37 heavy (non-hydrogen) atoms. The van der Waals surface area contributed by atoms with Gasteiger partial charge in [-0.15, -0.1) is 0 Å². The van der Waals surface area contributed by atoms with E-state index in [1.54, 1.807) is 30.3 Å². The van der Waals surface area contributed by atoms with Gasteiger partial charge in [-0.2, -0.15) is 0 Å². The summed E-state index contributed by atoms with van der Waals surface area (Å²) in [5.41, 5.74) is 12.4. The molecule has 0 aliphatic heterocycles. The first-order valence-corrected chi connectivity index (χ1v) is 12.4. The van der Waals surface area contributed by atoms with Gasteiger partial charge in [0.15, 0.2) is 0 Å². The molecule has 0 heterocycles. The summed E-state index contributed by atoms with van der Waals surface area (Å²) >= 11 is 0. The van der Waals surface area contributed by atoms with Crippen LogP contribution in [0.4, 0.5) is 0 Å². The number of hydrogen-bond acceptors (Lipinski definition) is 6. The van der Waals surface area contributed by atoms with Gasteiger partial charge in [-0.25, -0.2) is 0 Å². The number of aromatic hydroxyl groups is 1. The third-order valence-corrected chi connectivity index (χ3v) is 5.87. The van der Waals surface area contributed by atoms with E-state index in [0.717, 1.165) is 42.0 Å². The van der Waals surface area contributed by atoms with E-state index >= 15 is 0 Å². The summed E-state index contributed by atoms with van der Waals surface area (Å²) in [5.74, 6) is -0.605. The number of hydrogen-bond donors (Lipinski definition) is 5. The van der Waals surface area contributed by atoms with Gasteiger partial charge in [0.2, 0.25) is 11.8 Å². The number of rotatable bonds is 14. The quantitative estimate of drug-likeness (QED) is 0.211. The van der Waals surface area contributed by atoms with Crippen LogP contribution in [0.2, 0.25) is 0 Å². The highest BCUT2D eigenvalue weighted by Gasteiger charge is 2.15. The summed E-state index contributed by atoms with van der Waals surface area (Å²) in [7, 11) is 0. The van der Waals surface area contributed by atoms with Crippen molar-refractivity contribution < 1.29 is 24.2 Å². The van der Waals surface area contributed by atoms with Crippen LogP contribution in [-0.2, 0) is 16.0 Å². The minimum absolute atomic E-state index is 0.176. The molecule has 0 aliphatic carbocycles. The van der Waals surface area contributed by atoms with Gasteiger partial charge in [-0.05, 0) is 59.9 Å². The van der Waals surface area contributed by atoms with Crippen molar-refractivity contribution in [2.24, 2.45) is 11.5 Å². The Morgan fingerprint density at radius 2 is 1.57 bits per heavy atom. The van der Waals surface area contributed by atoms with Crippen LogP contribution in [0.5, 0.6) is 11.5 Å². The van der Waals surface area contributed by atoms with E-state index in [9.17, 15) is 19.5 Å². The molecule has 0 bridgehead atoms. The fraction of sp³-hybridized carbons (Fsp3) is 0.321. The standard InChI is InChI=1S/C28H34N4O5/c29-24(15-19-9-11-22(33)12-10-19)28(36)31-13-5-1-2-6-14-37-25-17-21-8-4-3-7-20(21)16-23(25)27(35)32-18-26(30)34/h3-4,7-12,16-17,24,33H,1-2,5-6,13-15,18,29H2,(H2,30,34)(H,31,36)(H,32,35). The fourth-order valence-corrected chi connectivity index (χ4v) is 3.86. The molecular weight excluding hydrogens is 472 g/mol. The minimum atomic E-state index is -0.644. The predicted molar refractivity (Wildman–Crippen MR) is 142 cm³/mol. The molecular formula is C28H34N4O5. The molecule has 3 amide bonds. The first-order chi connectivity index (χ1) is 17.8. The van der Waals surface area contributed by atoms with Crippen molar-refractivity contribution in [3.8, 4) is 11.5 Å². The maximum absolute atomic E-state index is 12.6. The summed E-state index contributed by atoms with van der Waals surface area (Å²) in [6, 6.07) is 17.2. The fourth-order valence-electron chi connectivity index (χ4n) is 3.86. The number of benzene rings is 3. The van der Waals surface area contributed by atoms with E-state index in [2.05, 4.69) is 10.6 Å². The number of unbranched alkanes of at least 4 members (excludes halogenated alkanes) is 3. The van der Waals surface area contributed by atoms with Gasteiger partial charge >= 0.3 is 0 Å². The Morgan fingerprint density at radius 1 is 0.892 bits per heavy atom. The highest BCUT2D eigenvalue weighted by atomic mass is 16.5. The van der Waals surface area contributed by atoms with Crippen LogP contribution in [0.3, 0.4) is 0 Å². The van der Waals surface area contributed by atoms with Gasteiger partial charge < -0.3 is 31.9 Å². The van der Waals surface area contributed by atoms with E-state index in [1.165, 1.54) is 0 Å². The maximum atomic E-state index is 12.6. The number of carbonyl (C=O) groups is 3. The molecule has 0 saturated heterocycles. The van der Waals surface area contributed by atoms with Crippen molar-refractivity contribution in [2.45, 2.75) is 38.1 Å². The smallest absolute Gasteiger partial charge is 0.255 e. The number of fused-ring (bicyclic) bond motifs is 1. The number of nitrogens with one attached hydrogen (secondary N) is 2. The van der Waals surface area contributed by atoms with Crippen LogP contribution in [0.25, 0.3) is 10.8 Å². The van der Waals surface area contributed by atoms with E-state index in [1.807, 2.05) is 30.3 Å². The van der Waals surface area contributed by atoms with Gasteiger partial charge in [-0.1, -0.05) is 49.2 Å². The van der Waals surface area contributed by atoms with Crippen molar-refractivity contribution in [1.29, 1.82) is 0 Å². The number of ether oxygens (including phenoxy) is 1. The number of phenols is 1. The van der Waals surface area contributed by atoms with Crippen molar-refractivity contribution in [2.75, 3.05) is 19.7 Å². The van der Waals surface area contributed by atoms with E-state index in [0.29, 0.717) is 30.9 Å². The number of nitrogens with two attached hydrogens (primary N) is 2. The summed E-state index contributed by atoms with van der Waals surface area (Å²) in [6.07, 6.45) is 3.80. The highest BCUT2D eigenvalue weighted by Crippen LogP contribution is 2.26. The number of phenolic OH excluding ortho intramolecular Hbond substituents is 1. The molecule has 0 saturated carbocycles. The summed E-state index contributed by atoms with van der Waals surface area (Å²) in [6.45, 7) is 0.722.